The normalized spacial score (nSPS) is 12.9. The fourth-order valence-corrected chi connectivity index (χ4v) is 1.76. The van der Waals surface area contributed by atoms with Crippen LogP contribution in [0.4, 0.5) is 17.6 Å². The molecule has 0 saturated heterocycles. The van der Waals surface area contributed by atoms with Gasteiger partial charge in [-0.3, -0.25) is 0 Å². The number of hydrogen-bond acceptors (Lipinski definition) is 5. The second kappa shape index (κ2) is 12.3. The van der Waals surface area contributed by atoms with Gasteiger partial charge in [-0.25, -0.2) is 14.7 Å². The molecule has 0 aliphatic heterocycles. The number of alkyl halides is 4. The van der Waals surface area contributed by atoms with Gasteiger partial charge in [0.2, 0.25) is 0 Å². The number of rotatable bonds is 10. The molecular formula is C11H25F4NO4Si. The van der Waals surface area contributed by atoms with Crippen molar-refractivity contribution in [3.63, 3.8) is 0 Å². The minimum absolute atomic E-state index is 0.0511. The highest BCUT2D eigenvalue weighted by molar-refractivity contribution is 6.26. The molecule has 0 bridgehead atoms. The molecule has 0 aromatic carbocycles. The zero-order valence-corrected chi connectivity index (χ0v) is 14.5. The van der Waals surface area contributed by atoms with Crippen molar-refractivity contribution in [2.75, 3.05) is 48.6 Å². The first-order valence-corrected chi connectivity index (χ1v) is 7.81. The van der Waals surface area contributed by atoms with Gasteiger partial charge in [0.25, 0.3) is 0 Å². The summed E-state index contributed by atoms with van der Waals surface area (Å²) < 4.78 is 61.7. The molecule has 0 unspecified atom stereocenters. The second-order valence-corrected chi connectivity index (χ2v) is 5.92. The first-order chi connectivity index (χ1) is 9.67. The molecule has 0 rings (SSSR count). The van der Waals surface area contributed by atoms with Crippen LogP contribution in [0.3, 0.4) is 0 Å². The van der Waals surface area contributed by atoms with Crippen LogP contribution in [-0.4, -0.2) is 75.3 Å². The van der Waals surface area contributed by atoms with E-state index in [-0.39, 0.29) is 11.5 Å². The van der Waals surface area contributed by atoms with Crippen molar-refractivity contribution in [3.8, 4) is 0 Å². The lowest BCUT2D eigenvalue weighted by atomic mass is 10.3. The predicted octanol–water partition coefficient (Wildman–Crippen LogP) is 1.53. The molecule has 0 aliphatic carbocycles. The minimum Gasteiger partial charge on any atom is -0.427 e. The monoisotopic (exact) mass is 339 g/mol. The molecule has 0 atom stereocenters. The Balaban J connectivity index is 0. The molecule has 10 heteroatoms. The number of halogens is 4. The van der Waals surface area contributed by atoms with Crippen molar-refractivity contribution in [1.82, 2.24) is 4.90 Å². The fraction of sp³-hybridized carbons (Fsp3) is 1.00. The van der Waals surface area contributed by atoms with Crippen molar-refractivity contribution in [2.24, 2.45) is 0 Å². The van der Waals surface area contributed by atoms with Gasteiger partial charge in [-0.15, -0.1) is 0 Å². The summed E-state index contributed by atoms with van der Waals surface area (Å²) in [4.78, 5) is 8.27. The average molecular weight is 339 g/mol. The van der Waals surface area contributed by atoms with Crippen LogP contribution in [0.1, 0.15) is 6.42 Å². The van der Waals surface area contributed by atoms with E-state index in [4.69, 9.17) is 4.43 Å². The van der Waals surface area contributed by atoms with Crippen molar-refractivity contribution in [1.29, 1.82) is 0 Å². The standard InChI is InChI=1S/C9H19F4NO2Si.C2H6O2/c1-14(2)9(12,13)8(10,11)7-16-5-4-6-17-15-3;1-3-4-2/h4-7,17H2,1-3H3;1-2H3. The second-order valence-electron chi connectivity index (χ2n) is 4.23. The summed E-state index contributed by atoms with van der Waals surface area (Å²) in [6.07, 6.45) is 0.559. The van der Waals surface area contributed by atoms with Gasteiger partial charge >= 0.3 is 12.0 Å². The Hall–Kier alpha value is -0.263. The highest BCUT2D eigenvalue weighted by atomic mass is 28.2. The Morgan fingerprint density at radius 3 is 1.90 bits per heavy atom. The first kappa shape index (κ1) is 23.0. The first-order valence-electron chi connectivity index (χ1n) is 6.23. The molecule has 21 heavy (non-hydrogen) atoms. The van der Waals surface area contributed by atoms with Crippen molar-refractivity contribution < 1.29 is 36.5 Å². The molecule has 0 heterocycles. The van der Waals surface area contributed by atoms with Crippen molar-refractivity contribution >= 4 is 9.76 Å². The Labute approximate surface area is 125 Å². The van der Waals surface area contributed by atoms with Gasteiger partial charge in [0, 0.05) is 13.7 Å². The number of hydrogen-bond donors (Lipinski definition) is 0. The average Bonchev–Trinajstić information content (AvgIpc) is 2.42. The smallest absolute Gasteiger partial charge is 0.369 e. The Kier molecular flexibility index (Phi) is 13.5. The highest BCUT2D eigenvalue weighted by Gasteiger charge is 2.58. The van der Waals surface area contributed by atoms with Crippen LogP contribution in [0.2, 0.25) is 6.04 Å². The number of ether oxygens (including phenoxy) is 1. The third kappa shape index (κ3) is 10.1. The largest absolute Gasteiger partial charge is 0.427 e. The maximum absolute atomic E-state index is 13.1. The van der Waals surface area contributed by atoms with Crippen molar-refractivity contribution in [2.45, 2.75) is 24.4 Å². The maximum atomic E-state index is 13.1. The summed E-state index contributed by atoms with van der Waals surface area (Å²) >= 11 is 0. The van der Waals surface area contributed by atoms with Crippen LogP contribution in [0.25, 0.3) is 0 Å². The number of nitrogens with zero attached hydrogens (tertiary/aromatic N) is 1. The molecule has 0 fully saturated rings. The lowest BCUT2D eigenvalue weighted by molar-refractivity contribution is -0.288. The molecule has 0 aliphatic rings. The van der Waals surface area contributed by atoms with Crippen LogP contribution in [0.5, 0.6) is 0 Å². The molecule has 0 saturated carbocycles. The van der Waals surface area contributed by atoms with E-state index in [1.54, 1.807) is 7.11 Å². The van der Waals surface area contributed by atoms with Crippen molar-refractivity contribution in [3.05, 3.63) is 0 Å². The van der Waals surface area contributed by atoms with Gasteiger partial charge in [-0.2, -0.15) is 17.6 Å². The Bertz CT molecular complexity index is 246. The molecule has 0 N–H and O–H groups in total. The molecule has 0 spiro atoms. The molecular weight excluding hydrogens is 314 g/mol. The summed E-state index contributed by atoms with van der Waals surface area (Å²) in [5.41, 5.74) is 0. The minimum atomic E-state index is -4.20. The quantitative estimate of drug-likeness (QED) is 0.151. The van der Waals surface area contributed by atoms with E-state index < -0.39 is 28.3 Å². The van der Waals surface area contributed by atoms with Crippen LogP contribution >= 0.6 is 0 Å². The van der Waals surface area contributed by atoms with Gasteiger partial charge in [-0.05, 0) is 26.6 Å². The van der Waals surface area contributed by atoms with E-state index >= 15 is 0 Å². The lowest BCUT2D eigenvalue weighted by Crippen LogP contribution is -2.53. The zero-order chi connectivity index (χ0) is 16.9. The molecule has 0 aromatic rings. The predicted molar refractivity (Wildman–Crippen MR) is 73.4 cm³/mol. The fourth-order valence-electron chi connectivity index (χ4n) is 1.06. The summed E-state index contributed by atoms with van der Waals surface area (Å²) in [5, 5.41) is 0. The lowest BCUT2D eigenvalue weighted by Gasteiger charge is -2.31. The third-order valence-corrected chi connectivity index (χ3v) is 3.54. The van der Waals surface area contributed by atoms with E-state index in [1.807, 2.05) is 0 Å². The zero-order valence-electron chi connectivity index (χ0n) is 13.1. The van der Waals surface area contributed by atoms with E-state index in [2.05, 4.69) is 14.5 Å². The van der Waals surface area contributed by atoms with Crippen LogP contribution in [0.15, 0.2) is 0 Å². The van der Waals surface area contributed by atoms with E-state index in [0.29, 0.717) is 6.42 Å². The maximum Gasteiger partial charge on any atom is 0.369 e. The van der Waals surface area contributed by atoms with Gasteiger partial charge in [0.1, 0.15) is 6.61 Å². The highest BCUT2D eigenvalue weighted by Crippen LogP contribution is 2.35. The Morgan fingerprint density at radius 2 is 1.52 bits per heavy atom. The molecule has 130 valence electrons. The van der Waals surface area contributed by atoms with E-state index in [1.165, 1.54) is 14.2 Å². The summed E-state index contributed by atoms with van der Waals surface area (Å²) in [6, 6.07) is -3.42. The van der Waals surface area contributed by atoms with Gasteiger partial charge in [0.05, 0.1) is 14.2 Å². The molecule has 0 amide bonds. The topological polar surface area (TPSA) is 40.2 Å². The Morgan fingerprint density at radius 1 is 1.00 bits per heavy atom. The SMILES string of the molecule is COOC.CO[SiH2]CCCOCC(F)(F)C(F)(F)N(C)C. The van der Waals surface area contributed by atoms with Gasteiger partial charge in [-0.1, -0.05) is 0 Å². The summed E-state index contributed by atoms with van der Waals surface area (Å²) in [7, 11) is 5.70. The summed E-state index contributed by atoms with van der Waals surface area (Å²) in [5.74, 6) is -4.19. The molecule has 0 aromatic heterocycles. The van der Waals surface area contributed by atoms with E-state index in [0.717, 1.165) is 20.1 Å². The van der Waals surface area contributed by atoms with E-state index in [9.17, 15) is 17.6 Å². The molecule has 0 radical (unpaired) electrons. The summed E-state index contributed by atoms with van der Waals surface area (Å²) in [6.45, 7) is -1.22. The van der Waals surface area contributed by atoms with Gasteiger partial charge in [0.15, 0.2) is 9.76 Å². The van der Waals surface area contributed by atoms with Crippen LogP contribution < -0.4 is 0 Å². The molecule has 5 nitrogen and oxygen atoms in total. The third-order valence-electron chi connectivity index (χ3n) is 2.34. The van der Waals surface area contributed by atoms with Crippen LogP contribution in [-0.2, 0) is 18.9 Å². The van der Waals surface area contributed by atoms with Crippen LogP contribution in [0, 0.1) is 0 Å². The van der Waals surface area contributed by atoms with Gasteiger partial charge < -0.3 is 9.16 Å².